The molecule has 0 spiro atoms. The molecule has 2 aromatic carbocycles. The molecular weight excluding hydrogens is 326 g/mol. The van der Waals surface area contributed by atoms with E-state index in [2.05, 4.69) is 5.32 Å². The Morgan fingerprint density at radius 3 is 2.33 bits per heavy atom. The third-order valence-corrected chi connectivity index (χ3v) is 5.80. The number of amides is 1. The van der Waals surface area contributed by atoms with Gasteiger partial charge in [-0.2, -0.15) is 0 Å². The van der Waals surface area contributed by atoms with Crippen molar-refractivity contribution >= 4 is 27.2 Å². The summed E-state index contributed by atoms with van der Waals surface area (Å²) in [6.45, 7) is 0. The standard InChI is InChI=1S/C18H17NO4S/c20-17(13-5-2-1-3-6-13)14-7-4-8-16(11-14)19-18(21)15-9-10-24(22,23)12-15/h1-8,11,15H,9-10,12H2,(H,19,21). The lowest BCUT2D eigenvalue weighted by molar-refractivity contribution is -0.119. The summed E-state index contributed by atoms with van der Waals surface area (Å²) >= 11 is 0. The summed E-state index contributed by atoms with van der Waals surface area (Å²) in [5.41, 5.74) is 1.53. The molecule has 3 rings (SSSR count). The van der Waals surface area contributed by atoms with Crippen molar-refractivity contribution in [2.24, 2.45) is 5.92 Å². The molecule has 0 saturated carbocycles. The molecule has 0 aromatic heterocycles. The monoisotopic (exact) mass is 343 g/mol. The van der Waals surface area contributed by atoms with Gasteiger partial charge in [0.2, 0.25) is 5.91 Å². The zero-order chi connectivity index (χ0) is 17.2. The molecule has 1 unspecified atom stereocenters. The van der Waals surface area contributed by atoms with Crippen LogP contribution in [0.4, 0.5) is 5.69 Å². The topological polar surface area (TPSA) is 80.3 Å². The van der Waals surface area contributed by atoms with Gasteiger partial charge in [-0.3, -0.25) is 9.59 Å². The van der Waals surface area contributed by atoms with Crippen LogP contribution >= 0.6 is 0 Å². The largest absolute Gasteiger partial charge is 0.326 e. The Morgan fingerprint density at radius 2 is 1.67 bits per heavy atom. The van der Waals surface area contributed by atoms with Gasteiger partial charge in [0.25, 0.3) is 0 Å². The van der Waals surface area contributed by atoms with Gasteiger partial charge >= 0.3 is 0 Å². The lowest BCUT2D eigenvalue weighted by Crippen LogP contribution is -2.23. The number of rotatable bonds is 4. The zero-order valence-corrected chi connectivity index (χ0v) is 13.8. The molecule has 1 aliphatic heterocycles. The number of nitrogens with one attached hydrogen (secondary N) is 1. The van der Waals surface area contributed by atoms with Crippen molar-refractivity contribution in [1.82, 2.24) is 0 Å². The van der Waals surface area contributed by atoms with Gasteiger partial charge in [0.15, 0.2) is 15.6 Å². The van der Waals surface area contributed by atoms with Crippen LogP contribution in [0.15, 0.2) is 54.6 Å². The Labute approximate surface area is 140 Å². The minimum Gasteiger partial charge on any atom is -0.326 e. The Kier molecular flexibility index (Phi) is 4.49. The third-order valence-electron chi connectivity index (χ3n) is 4.03. The number of hydrogen-bond donors (Lipinski definition) is 1. The van der Waals surface area contributed by atoms with E-state index >= 15 is 0 Å². The maximum Gasteiger partial charge on any atom is 0.228 e. The van der Waals surface area contributed by atoms with Crippen molar-refractivity contribution in [2.45, 2.75) is 6.42 Å². The average Bonchev–Trinajstić information content (AvgIpc) is 2.95. The van der Waals surface area contributed by atoms with E-state index in [1.165, 1.54) is 0 Å². The Morgan fingerprint density at radius 1 is 0.958 bits per heavy atom. The summed E-state index contributed by atoms with van der Waals surface area (Å²) in [6.07, 6.45) is 0.344. The molecule has 1 atom stereocenters. The van der Waals surface area contributed by atoms with E-state index < -0.39 is 15.8 Å². The first-order valence-corrected chi connectivity index (χ1v) is 9.48. The molecule has 1 aliphatic rings. The van der Waals surface area contributed by atoms with Gasteiger partial charge in [-0.25, -0.2) is 8.42 Å². The maximum absolute atomic E-state index is 12.4. The average molecular weight is 343 g/mol. The molecule has 1 saturated heterocycles. The van der Waals surface area contributed by atoms with Gasteiger partial charge in [-0.05, 0) is 18.6 Å². The Balaban J connectivity index is 1.74. The first-order chi connectivity index (χ1) is 11.4. The van der Waals surface area contributed by atoms with Crippen LogP contribution in [0, 0.1) is 5.92 Å². The molecule has 5 nitrogen and oxygen atoms in total. The van der Waals surface area contributed by atoms with Gasteiger partial charge in [0, 0.05) is 16.8 Å². The molecule has 1 N–H and O–H groups in total. The third kappa shape index (κ3) is 3.71. The van der Waals surface area contributed by atoms with Crippen LogP contribution < -0.4 is 5.32 Å². The van der Waals surface area contributed by atoms with Crippen LogP contribution in [-0.2, 0) is 14.6 Å². The van der Waals surface area contributed by atoms with E-state index in [4.69, 9.17) is 0 Å². The highest BCUT2D eigenvalue weighted by Crippen LogP contribution is 2.21. The van der Waals surface area contributed by atoms with E-state index in [1.807, 2.05) is 6.07 Å². The SMILES string of the molecule is O=C(c1ccccc1)c1cccc(NC(=O)C2CCS(=O)(=O)C2)c1. The minimum atomic E-state index is -3.11. The molecule has 0 radical (unpaired) electrons. The van der Waals surface area contributed by atoms with Crippen LogP contribution in [-0.4, -0.2) is 31.6 Å². The summed E-state index contributed by atoms with van der Waals surface area (Å²) in [7, 11) is -3.11. The molecule has 0 aliphatic carbocycles. The van der Waals surface area contributed by atoms with Gasteiger partial charge in [-0.15, -0.1) is 0 Å². The Bertz CT molecular complexity index is 875. The maximum atomic E-state index is 12.4. The molecule has 24 heavy (non-hydrogen) atoms. The molecule has 1 amide bonds. The van der Waals surface area contributed by atoms with Gasteiger partial charge in [0.1, 0.15) is 0 Å². The first kappa shape index (κ1) is 16.4. The quantitative estimate of drug-likeness (QED) is 0.864. The van der Waals surface area contributed by atoms with E-state index in [0.717, 1.165) is 0 Å². The van der Waals surface area contributed by atoms with Crippen LogP contribution in [0.25, 0.3) is 0 Å². The van der Waals surface area contributed by atoms with Crippen LogP contribution in [0.2, 0.25) is 0 Å². The fourth-order valence-corrected chi connectivity index (χ4v) is 4.48. The second kappa shape index (κ2) is 6.57. The van der Waals surface area contributed by atoms with Crippen molar-refractivity contribution in [3.05, 3.63) is 65.7 Å². The lowest BCUT2D eigenvalue weighted by atomic mass is 10.0. The smallest absolute Gasteiger partial charge is 0.228 e. The second-order valence-electron chi connectivity index (χ2n) is 5.87. The molecular formula is C18H17NO4S. The number of sulfone groups is 1. The molecule has 2 aromatic rings. The highest BCUT2D eigenvalue weighted by atomic mass is 32.2. The van der Waals surface area contributed by atoms with E-state index in [9.17, 15) is 18.0 Å². The summed E-state index contributed by atoms with van der Waals surface area (Å²) < 4.78 is 22.9. The van der Waals surface area contributed by atoms with Crippen molar-refractivity contribution in [3.63, 3.8) is 0 Å². The summed E-state index contributed by atoms with van der Waals surface area (Å²) in [4.78, 5) is 24.6. The van der Waals surface area contributed by atoms with Crippen molar-refractivity contribution < 1.29 is 18.0 Å². The molecule has 1 fully saturated rings. The van der Waals surface area contributed by atoms with Crippen LogP contribution in [0.1, 0.15) is 22.3 Å². The van der Waals surface area contributed by atoms with Crippen LogP contribution in [0.5, 0.6) is 0 Å². The van der Waals surface area contributed by atoms with Crippen molar-refractivity contribution in [3.8, 4) is 0 Å². The van der Waals surface area contributed by atoms with E-state index in [1.54, 1.807) is 48.5 Å². The van der Waals surface area contributed by atoms with Crippen molar-refractivity contribution in [2.75, 3.05) is 16.8 Å². The summed E-state index contributed by atoms with van der Waals surface area (Å²) in [5, 5.41) is 2.71. The number of carbonyl (C=O) groups is 2. The molecule has 0 bridgehead atoms. The number of hydrogen-bond acceptors (Lipinski definition) is 4. The highest BCUT2D eigenvalue weighted by molar-refractivity contribution is 7.91. The normalized spacial score (nSPS) is 18.9. The minimum absolute atomic E-state index is 0.0532. The molecule has 6 heteroatoms. The zero-order valence-electron chi connectivity index (χ0n) is 12.9. The predicted molar refractivity (Wildman–Crippen MR) is 91.7 cm³/mol. The van der Waals surface area contributed by atoms with Gasteiger partial charge in [0.05, 0.1) is 17.4 Å². The van der Waals surface area contributed by atoms with E-state index in [-0.39, 0.29) is 23.2 Å². The highest BCUT2D eigenvalue weighted by Gasteiger charge is 2.32. The van der Waals surface area contributed by atoms with Gasteiger partial charge < -0.3 is 5.32 Å². The van der Waals surface area contributed by atoms with E-state index in [0.29, 0.717) is 23.2 Å². The lowest BCUT2D eigenvalue weighted by Gasteiger charge is -2.10. The Hall–Kier alpha value is -2.47. The first-order valence-electron chi connectivity index (χ1n) is 7.66. The number of anilines is 1. The predicted octanol–water partition coefficient (Wildman–Crippen LogP) is 2.29. The molecule has 1 heterocycles. The number of carbonyl (C=O) groups excluding carboxylic acids is 2. The summed E-state index contributed by atoms with van der Waals surface area (Å²) in [6, 6.07) is 15.6. The molecule has 124 valence electrons. The number of ketones is 1. The van der Waals surface area contributed by atoms with Crippen molar-refractivity contribution in [1.29, 1.82) is 0 Å². The van der Waals surface area contributed by atoms with Crippen LogP contribution in [0.3, 0.4) is 0 Å². The summed E-state index contributed by atoms with van der Waals surface area (Å²) in [5.74, 6) is -1.03. The fourth-order valence-electron chi connectivity index (χ4n) is 2.74. The van der Waals surface area contributed by atoms with Gasteiger partial charge in [-0.1, -0.05) is 42.5 Å². The number of benzene rings is 2. The fraction of sp³-hybridized carbons (Fsp3) is 0.222. The second-order valence-corrected chi connectivity index (χ2v) is 8.09.